The van der Waals surface area contributed by atoms with Crippen LogP contribution in [-0.2, 0) is 23.9 Å². The molecule has 9 N–H and O–H groups in total. The van der Waals surface area contributed by atoms with Crippen molar-refractivity contribution in [2.24, 2.45) is 11.8 Å². The van der Waals surface area contributed by atoms with E-state index < -0.39 is 15.3 Å². The molecule has 30 heteroatoms. The van der Waals surface area contributed by atoms with Crippen molar-refractivity contribution < 1.29 is 51.4 Å². The van der Waals surface area contributed by atoms with Crippen LogP contribution in [0.5, 0.6) is 34.5 Å². The first-order valence-corrected chi connectivity index (χ1v) is 30.1. The summed E-state index contributed by atoms with van der Waals surface area (Å²) in [6.45, 7) is 5.94. The lowest BCUT2D eigenvalue weighted by Crippen LogP contribution is -2.38. The molecular formula is C59H63FN18O10S. The number of para-hydroxylation sites is 2. The molecule has 28 nitrogen and oxygen atoms in total. The highest BCUT2D eigenvalue weighted by Crippen LogP contribution is 2.42. The standard InChI is InChI=1S/C21H24N6O4S.C21H22N6O3.C17H17FN6O3/c1-22-18-9-17(24-14-4-3-5-16-20(14)31-7-6-30-16)26-21-15(10-23-27(18)21)25-19(28)8-13-11-32(2,29)12-13;1-4-13(2)10-19(28)25-15-12-23-27-18(22-3)11-17(26-21(15)27)24-14-6-5-7-16-20(14)30-9-8-29-16;1-9(25)21-12-8-20-24-15(19-2)7-14(23-17(12)24)22-11-5-10(18)6-13-16(11)27-4-3-26-13/h3-5,9-10,13,22H,2,6-8,11-12H2,1H3,(H,24,26)(H,25,28);1,5-7,11-13,22H,8-10H2,2-3H3,(H,24,26)(H,25,28);5-8,19H,3-4H2,1-2H3,(H,21,25)(H,22,23)/t;13-;/m.0./s1. The molecule has 0 spiro atoms. The second-order valence-corrected chi connectivity index (χ2v) is 23.2. The first kappa shape index (κ1) is 59.8. The molecule has 0 saturated carbocycles. The summed E-state index contributed by atoms with van der Waals surface area (Å²) in [5.74, 6) is 13.1. The predicted molar refractivity (Wildman–Crippen MR) is 337 cm³/mol. The molecule has 0 radical (unpaired) electrons. The third-order valence-electron chi connectivity index (χ3n) is 13.9. The minimum Gasteiger partial charge on any atom is -0.486 e. The van der Waals surface area contributed by atoms with E-state index in [4.69, 9.17) is 34.8 Å². The third kappa shape index (κ3) is 13.5. The molecule has 9 aromatic rings. The van der Waals surface area contributed by atoms with Crippen LogP contribution in [-0.4, -0.2) is 144 Å². The first-order valence-electron chi connectivity index (χ1n) is 28.1. The Morgan fingerprint density at radius 1 is 0.607 bits per heavy atom. The van der Waals surface area contributed by atoms with Crippen LogP contribution in [0, 0.1) is 30.0 Å². The fourth-order valence-electron chi connectivity index (χ4n) is 9.97. The second-order valence-electron chi connectivity index (χ2n) is 20.6. The summed E-state index contributed by atoms with van der Waals surface area (Å²) >= 11 is 0. The number of ether oxygens (including phenoxy) is 6. The zero-order chi connectivity index (χ0) is 62.3. The van der Waals surface area contributed by atoms with E-state index in [1.165, 1.54) is 25.3 Å². The van der Waals surface area contributed by atoms with Crippen LogP contribution in [0.2, 0.25) is 0 Å². The second kappa shape index (κ2) is 25.9. The van der Waals surface area contributed by atoms with Gasteiger partial charge in [0.25, 0.3) is 0 Å². The van der Waals surface area contributed by atoms with Crippen LogP contribution < -0.4 is 76.3 Å². The molecule has 462 valence electrons. The Balaban J connectivity index is 0.000000138. The van der Waals surface area contributed by atoms with Crippen molar-refractivity contribution in [3.05, 3.63) is 91.1 Å². The molecule has 0 aliphatic carbocycles. The average Bonchev–Trinajstić information content (AvgIpc) is 2.01. The van der Waals surface area contributed by atoms with E-state index in [2.05, 4.69) is 89.9 Å². The van der Waals surface area contributed by atoms with Gasteiger partial charge in [-0.15, -0.1) is 12.3 Å². The number of hydrogen-bond donors (Lipinski definition) is 9. The largest absolute Gasteiger partial charge is 0.486 e. The Morgan fingerprint density at radius 2 is 1.02 bits per heavy atom. The van der Waals surface area contributed by atoms with Crippen LogP contribution in [0.1, 0.15) is 26.7 Å². The molecule has 4 aliphatic heterocycles. The molecule has 0 bridgehead atoms. The Labute approximate surface area is 509 Å². The Kier molecular flexibility index (Phi) is 17.4. The minimum atomic E-state index is -1.97. The quantitative estimate of drug-likeness (QED) is 0.0340. The lowest BCUT2D eigenvalue weighted by Gasteiger charge is -2.29. The molecule has 6 aromatic heterocycles. The van der Waals surface area contributed by atoms with Gasteiger partial charge in [-0.25, -0.2) is 19.3 Å². The van der Waals surface area contributed by atoms with Crippen LogP contribution >= 0.6 is 0 Å². The van der Waals surface area contributed by atoms with E-state index in [1.807, 2.05) is 55.5 Å². The molecule has 10 heterocycles. The van der Waals surface area contributed by atoms with Gasteiger partial charge in [0.05, 0.1) is 35.7 Å². The molecular weight excluding hydrogens is 1170 g/mol. The number of hydrogen-bond acceptors (Lipinski definition) is 22. The summed E-state index contributed by atoms with van der Waals surface area (Å²) in [5.41, 5.74) is 4.73. The lowest BCUT2D eigenvalue weighted by atomic mass is 10.1. The highest BCUT2D eigenvalue weighted by molar-refractivity contribution is 8.01. The van der Waals surface area contributed by atoms with E-state index >= 15 is 0 Å². The van der Waals surface area contributed by atoms with Crippen molar-refractivity contribution in [3.63, 3.8) is 0 Å². The summed E-state index contributed by atoms with van der Waals surface area (Å²) in [5, 5.41) is 40.1. The van der Waals surface area contributed by atoms with Gasteiger partial charge >= 0.3 is 0 Å². The fourth-order valence-corrected chi connectivity index (χ4v) is 11.8. The summed E-state index contributed by atoms with van der Waals surface area (Å²) in [4.78, 5) is 50.0. The van der Waals surface area contributed by atoms with E-state index in [1.54, 1.807) is 53.1 Å². The van der Waals surface area contributed by atoms with Crippen LogP contribution in [0.25, 0.3) is 16.9 Å². The SMILES string of the molecule is C#C[C@H](C)CC(=O)Nc1cnn2c(NC)cc(Nc3cccc4c3OCCO4)nc12.C=S1(=O)CC(CC(=O)Nc2cnn3c(NC)cc(Nc4cccc5c4OCCO5)nc23)C1.CNc1cc(Nc2cc(F)cc3c2OCCO3)nc2c(NC(C)=O)cnn12. The Bertz CT molecular complexity index is 4330. The number of nitrogens with zero attached hydrogens (tertiary/aromatic N) is 9. The normalized spacial score (nSPS) is 16.1. The van der Waals surface area contributed by atoms with Gasteiger partial charge in [0.1, 0.15) is 97.4 Å². The van der Waals surface area contributed by atoms with Crippen LogP contribution in [0.3, 0.4) is 0 Å². The molecule has 1 fully saturated rings. The minimum absolute atomic E-state index is 0.103. The number of carbonyl (C=O) groups is 3. The molecule has 89 heavy (non-hydrogen) atoms. The number of benzene rings is 3. The maximum absolute atomic E-state index is 13.9. The predicted octanol–water partition coefficient (Wildman–Crippen LogP) is 7.23. The fraction of sp³-hybridized carbons (Fsp3) is 0.288. The van der Waals surface area contributed by atoms with Gasteiger partial charge in [0.15, 0.2) is 51.4 Å². The molecule has 4 aliphatic rings. The van der Waals surface area contributed by atoms with Gasteiger partial charge in [0.2, 0.25) is 17.7 Å². The highest BCUT2D eigenvalue weighted by Gasteiger charge is 2.31. The number of carbonyl (C=O) groups excluding carboxylic acids is 3. The maximum Gasteiger partial charge on any atom is 0.225 e. The molecule has 3 amide bonds. The van der Waals surface area contributed by atoms with E-state index in [-0.39, 0.29) is 36.0 Å². The monoisotopic (exact) mass is 1230 g/mol. The first-order chi connectivity index (χ1) is 43.0. The number of halogens is 1. The number of amides is 3. The molecule has 0 unspecified atom stereocenters. The van der Waals surface area contributed by atoms with Crippen molar-refractivity contribution in [3.8, 4) is 46.8 Å². The van der Waals surface area contributed by atoms with Gasteiger partial charge in [-0.05, 0) is 45.6 Å². The van der Waals surface area contributed by atoms with Gasteiger partial charge in [-0.3, -0.25) is 18.6 Å². The van der Waals surface area contributed by atoms with Gasteiger partial charge in [-0.1, -0.05) is 19.1 Å². The number of rotatable bonds is 16. The molecule has 3 aromatic carbocycles. The van der Waals surface area contributed by atoms with Crippen molar-refractivity contribution in [2.45, 2.75) is 26.7 Å². The summed E-state index contributed by atoms with van der Waals surface area (Å²) in [6, 6.07) is 19.2. The number of fused-ring (bicyclic) bond motifs is 6. The Hall–Kier alpha value is -11.0. The van der Waals surface area contributed by atoms with Gasteiger partial charge < -0.3 is 76.3 Å². The number of terminal acetylenes is 1. The van der Waals surface area contributed by atoms with Crippen molar-refractivity contribution in [2.75, 3.05) is 120 Å². The summed E-state index contributed by atoms with van der Waals surface area (Å²) < 4.78 is 64.4. The van der Waals surface area contributed by atoms with E-state index in [0.717, 1.165) is 11.4 Å². The van der Waals surface area contributed by atoms with E-state index in [0.29, 0.717) is 167 Å². The van der Waals surface area contributed by atoms with Crippen molar-refractivity contribution in [1.82, 2.24) is 43.8 Å². The number of aromatic nitrogens is 9. The van der Waals surface area contributed by atoms with Gasteiger partial charge in [-0.2, -0.15) is 28.8 Å². The highest BCUT2D eigenvalue weighted by atomic mass is 32.2. The maximum atomic E-state index is 13.9. The summed E-state index contributed by atoms with van der Waals surface area (Å²) in [7, 11) is 3.34. The summed E-state index contributed by atoms with van der Waals surface area (Å²) in [6.07, 6.45) is 10.5. The van der Waals surface area contributed by atoms with E-state index in [9.17, 15) is 23.0 Å². The average molecular weight is 1240 g/mol. The zero-order valence-corrected chi connectivity index (χ0v) is 49.8. The molecule has 13 rings (SSSR count). The third-order valence-corrected chi connectivity index (χ3v) is 16.1. The zero-order valence-electron chi connectivity index (χ0n) is 49.0. The number of nitrogens with one attached hydrogen (secondary N) is 9. The van der Waals surface area contributed by atoms with Crippen LogP contribution in [0.4, 0.5) is 73.4 Å². The smallest absolute Gasteiger partial charge is 0.225 e. The molecule has 1 atom stereocenters. The topological polar surface area (TPSA) is 322 Å². The van der Waals surface area contributed by atoms with Crippen LogP contribution in [0.15, 0.2) is 85.3 Å². The Morgan fingerprint density at radius 3 is 1.46 bits per heavy atom. The molecule has 1 saturated heterocycles. The van der Waals surface area contributed by atoms with Crippen molar-refractivity contribution >= 4 is 119 Å². The van der Waals surface area contributed by atoms with Crippen molar-refractivity contribution in [1.29, 1.82) is 0 Å². The van der Waals surface area contributed by atoms with Gasteiger partial charge in [0, 0.05) is 88.7 Å². The number of anilines is 12. The lowest BCUT2D eigenvalue weighted by molar-refractivity contribution is -0.117.